The van der Waals surface area contributed by atoms with E-state index in [0.717, 1.165) is 5.56 Å². The molecule has 0 saturated carbocycles. The zero-order valence-electron chi connectivity index (χ0n) is 16.4. The van der Waals surface area contributed by atoms with E-state index in [1.165, 1.54) is 19.2 Å². The van der Waals surface area contributed by atoms with Crippen LogP contribution >= 0.6 is 0 Å². The molecule has 160 valence electrons. The Kier molecular flexibility index (Phi) is 8.64. The van der Waals surface area contributed by atoms with Gasteiger partial charge in [-0.3, -0.25) is 4.79 Å². The monoisotopic (exact) mass is 416 g/mol. The molecule has 9 nitrogen and oxygen atoms in total. The van der Waals surface area contributed by atoms with Crippen molar-refractivity contribution in [3.05, 3.63) is 65.7 Å². The van der Waals surface area contributed by atoms with Crippen LogP contribution < -0.4 is 10.6 Å². The fourth-order valence-corrected chi connectivity index (χ4v) is 2.58. The third kappa shape index (κ3) is 7.10. The van der Waals surface area contributed by atoms with Crippen LogP contribution in [0, 0.1) is 0 Å². The van der Waals surface area contributed by atoms with E-state index >= 15 is 0 Å². The number of amides is 2. The largest absolute Gasteiger partial charge is 0.508 e. The smallest absolute Gasteiger partial charge is 0.408 e. The minimum absolute atomic E-state index is 0.00191. The summed E-state index contributed by atoms with van der Waals surface area (Å²) in [6.07, 6.45) is -0.795. The number of rotatable bonds is 9. The highest BCUT2D eigenvalue weighted by Gasteiger charge is 2.27. The van der Waals surface area contributed by atoms with Crippen LogP contribution in [0.5, 0.6) is 5.75 Å². The second-order valence-corrected chi connectivity index (χ2v) is 6.40. The summed E-state index contributed by atoms with van der Waals surface area (Å²) in [4.78, 5) is 36.5. The lowest BCUT2D eigenvalue weighted by molar-refractivity contribution is -0.145. The minimum atomic E-state index is -1.32. The molecule has 0 spiro atoms. The van der Waals surface area contributed by atoms with Gasteiger partial charge >= 0.3 is 12.1 Å². The number of carbonyl (C=O) groups is 3. The summed E-state index contributed by atoms with van der Waals surface area (Å²) in [7, 11) is 1.18. The fourth-order valence-electron chi connectivity index (χ4n) is 2.58. The molecule has 0 aliphatic rings. The van der Waals surface area contributed by atoms with E-state index in [1.807, 2.05) is 6.07 Å². The molecular weight excluding hydrogens is 392 g/mol. The van der Waals surface area contributed by atoms with E-state index in [1.54, 1.807) is 36.4 Å². The van der Waals surface area contributed by atoms with Crippen molar-refractivity contribution in [1.82, 2.24) is 10.6 Å². The first kappa shape index (κ1) is 22.7. The number of alkyl carbamates (subject to hydrolysis) is 1. The number of aromatic hydroxyl groups is 1. The Bertz CT molecular complexity index is 840. The van der Waals surface area contributed by atoms with Crippen molar-refractivity contribution in [2.24, 2.45) is 0 Å². The van der Waals surface area contributed by atoms with Crippen molar-refractivity contribution >= 4 is 18.0 Å². The first-order chi connectivity index (χ1) is 14.4. The topological polar surface area (TPSA) is 134 Å². The Hall–Kier alpha value is -3.59. The van der Waals surface area contributed by atoms with Gasteiger partial charge in [-0.2, -0.15) is 0 Å². The number of aliphatic hydroxyl groups excluding tert-OH is 1. The third-order valence-electron chi connectivity index (χ3n) is 4.18. The molecule has 4 N–H and O–H groups in total. The van der Waals surface area contributed by atoms with Crippen LogP contribution in [0.25, 0.3) is 0 Å². The number of nitrogens with one attached hydrogen (secondary N) is 2. The Balaban J connectivity index is 1.94. The Labute approximate surface area is 173 Å². The van der Waals surface area contributed by atoms with E-state index < -0.39 is 36.7 Å². The van der Waals surface area contributed by atoms with Gasteiger partial charge in [-0.25, -0.2) is 9.59 Å². The first-order valence-electron chi connectivity index (χ1n) is 9.17. The molecule has 9 heteroatoms. The maximum Gasteiger partial charge on any atom is 0.408 e. The zero-order valence-corrected chi connectivity index (χ0v) is 16.4. The number of phenolic OH excluding ortho intramolecular Hbond substituents is 1. The number of hydrogen-bond acceptors (Lipinski definition) is 7. The number of carbonyl (C=O) groups excluding carboxylic acids is 3. The van der Waals surface area contributed by atoms with Gasteiger partial charge < -0.3 is 30.3 Å². The molecule has 0 unspecified atom stereocenters. The normalized spacial score (nSPS) is 12.3. The van der Waals surface area contributed by atoms with Crippen LogP contribution in [-0.2, 0) is 32.1 Å². The van der Waals surface area contributed by atoms with Crippen molar-refractivity contribution in [1.29, 1.82) is 0 Å². The van der Waals surface area contributed by atoms with Gasteiger partial charge in [0.25, 0.3) is 0 Å². The predicted octanol–water partition coefficient (Wildman–Crippen LogP) is 0.880. The SMILES string of the molecule is COC(=O)[C@@H](Cc1ccc(O)cc1)NC(=O)[C@H](CO)NC(=O)OCc1ccccc1. The second-order valence-electron chi connectivity index (χ2n) is 6.40. The maximum atomic E-state index is 12.5. The summed E-state index contributed by atoms with van der Waals surface area (Å²) in [6.45, 7) is -0.697. The Morgan fingerprint density at radius 1 is 0.933 bits per heavy atom. The highest BCUT2D eigenvalue weighted by atomic mass is 16.5. The van der Waals surface area contributed by atoms with Crippen molar-refractivity contribution in [3.63, 3.8) is 0 Å². The average Bonchev–Trinajstić information content (AvgIpc) is 2.77. The fraction of sp³-hybridized carbons (Fsp3) is 0.286. The molecule has 0 heterocycles. The zero-order chi connectivity index (χ0) is 21.9. The molecule has 2 rings (SSSR count). The number of hydrogen-bond donors (Lipinski definition) is 4. The quantitative estimate of drug-likeness (QED) is 0.446. The molecule has 2 aromatic carbocycles. The second kappa shape index (κ2) is 11.4. The molecular formula is C21H24N2O7. The van der Waals surface area contributed by atoms with Gasteiger partial charge in [-0.05, 0) is 23.3 Å². The van der Waals surface area contributed by atoms with E-state index in [2.05, 4.69) is 10.6 Å². The van der Waals surface area contributed by atoms with Gasteiger partial charge in [0.15, 0.2) is 0 Å². The van der Waals surface area contributed by atoms with Crippen molar-refractivity contribution < 1.29 is 34.1 Å². The molecule has 0 radical (unpaired) electrons. The maximum absolute atomic E-state index is 12.5. The highest BCUT2D eigenvalue weighted by molar-refractivity contribution is 5.89. The summed E-state index contributed by atoms with van der Waals surface area (Å²) >= 11 is 0. The third-order valence-corrected chi connectivity index (χ3v) is 4.18. The number of benzene rings is 2. The number of aliphatic hydroxyl groups is 1. The molecule has 0 aromatic heterocycles. The van der Waals surface area contributed by atoms with Crippen LogP contribution in [0.2, 0.25) is 0 Å². The van der Waals surface area contributed by atoms with Gasteiger partial charge in [0.05, 0.1) is 13.7 Å². The van der Waals surface area contributed by atoms with Gasteiger partial charge in [-0.15, -0.1) is 0 Å². The van der Waals surface area contributed by atoms with Gasteiger partial charge in [-0.1, -0.05) is 42.5 Å². The van der Waals surface area contributed by atoms with Gasteiger partial charge in [0.2, 0.25) is 5.91 Å². The first-order valence-corrected chi connectivity index (χ1v) is 9.17. The molecule has 30 heavy (non-hydrogen) atoms. The molecule has 0 saturated heterocycles. The number of methoxy groups -OCH3 is 1. The summed E-state index contributed by atoms with van der Waals surface area (Å²) < 4.78 is 9.75. The summed E-state index contributed by atoms with van der Waals surface area (Å²) in [5.41, 5.74) is 1.43. The highest BCUT2D eigenvalue weighted by Crippen LogP contribution is 2.12. The van der Waals surface area contributed by atoms with Crippen LogP contribution in [0.1, 0.15) is 11.1 Å². The van der Waals surface area contributed by atoms with Crippen LogP contribution in [0.4, 0.5) is 4.79 Å². The minimum Gasteiger partial charge on any atom is -0.508 e. The van der Waals surface area contributed by atoms with E-state index in [-0.39, 0.29) is 18.8 Å². The number of esters is 1. The lowest BCUT2D eigenvalue weighted by Crippen LogP contribution is -2.54. The number of ether oxygens (including phenoxy) is 2. The molecule has 2 aromatic rings. The molecule has 0 aliphatic carbocycles. The van der Waals surface area contributed by atoms with Gasteiger partial charge in [0, 0.05) is 6.42 Å². The van der Waals surface area contributed by atoms with E-state index in [9.17, 15) is 24.6 Å². The molecule has 0 aliphatic heterocycles. The number of phenols is 1. The van der Waals surface area contributed by atoms with Crippen molar-refractivity contribution in [2.45, 2.75) is 25.1 Å². The van der Waals surface area contributed by atoms with Gasteiger partial charge in [0.1, 0.15) is 24.4 Å². The molecule has 2 amide bonds. The lowest BCUT2D eigenvalue weighted by atomic mass is 10.1. The standard InChI is InChI=1S/C21H24N2O7/c1-29-20(27)17(11-14-7-9-16(25)10-8-14)22-19(26)18(12-24)23-21(28)30-13-15-5-3-2-4-6-15/h2-10,17-18,24-25H,11-13H2,1H3,(H,22,26)(H,23,28)/t17-,18+/m1/s1. The lowest BCUT2D eigenvalue weighted by Gasteiger charge is -2.21. The Morgan fingerprint density at radius 3 is 2.20 bits per heavy atom. The average molecular weight is 416 g/mol. The van der Waals surface area contributed by atoms with E-state index in [0.29, 0.717) is 5.56 Å². The summed E-state index contributed by atoms with van der Waals surface area (Å²) in [5, 5.41) is 23.6. The van der Waals surface area contributed by atoms with Crippen molar-refractivity contribution in [2.75, 3.05) is 13.7 Å². The van der Waals surface area contributed by atoms with E-state index in [4.69, 9.17) is 9.47 Å². The predicted molar refractivity (Wildman–Crippen MR) is 106 cm³/mol. The molecule has 2 atom stereocenters. The molecule has 0 bridgehead atoms. The van der Waals surface area contributed by atoms with Crippen molar-refractivity contribution in [3.8, 4) is 5.75 Å². The van der Waals surface area contributed by atoms with Crippen LogP contribution in [0.15, 0.2) is 54.6 Å². The summed E-state index contributed by atoms with van der Waals surface area (Å²) in [5.74, 6) is -1.40. The van der Waals surface area contributed by atoms with Crippen LogP contribution in [-0.4, -0.2) is 54.0 Å². The molecule has 0 fully saturated rings. The van der Waals surface area contributed by atoms with Crippen LogP contribution in [0.3, 0.4) is 0 Å². The Morgan fingerprint density at radius 2 is 1.60 bits per heavy atom. The summed E-state index contributed by atoms with van der Waals surface area (Å²) in [6, 6.07) is 12.7.